The molecule has 0 nitrogen and oxygen atoms in total. The van der Waals surface area contributed by atoms with E-state index in [1.807, 2.05) is 0 Å². The molecule has 0 radical (unpaired) electrons. The quantitative estimate of drug-likeness (QED) is 0.509. The van der Waals surface area contributed by atoms with Gasteiger partial charge in [-0.2, -0.15) is 0 Å². The molecule has 0 saturated heterocycles. The van der Waals surface area contributed by atoms with Crippen LogP contribution in [0.25, 0.3) is 0 Å². The average Bonchev–Trinajstić information content (AvgIpc) is 1.67. The molecule has 0 spiro atoms. The first-order chi connectivity index (χ1) is 3.50. The fourth-order valence-electron chi connectivity index (χ4n) is 0.408. The summed E-state index contributed by atoms with van der Waals surface area (Å²) in [4.78, 5) is 0. The molecule has 52 valence electrons. The third kappa shape index (κ3) is 2.13. The molecule has 0 bridgehead atoms. The van der Waals surface area contributed by atoms with Crippen LogP contribution in [0.15, 0.2) is 0 Å². The molecule has 0 aromatic rings. The zero-order valence-corrected chi connectivity index (χ0v) is 7.78. The van der Waals surface area contributed by atoms with Gasteiger partial charge in [-0.25, -0.2) is 0 Å². The molecule has 0 heterocycles. The van der Waals surface area contributed by atoms with E-state index in [0.29, 0.717) is 0 Å². The van der Waals surface area contributed by atoms with Crippen LogP contribution in [0.4, 0.5) is 0 Å². The second kappa shape index (κ2) is 2.82. The molecule has 0 fully saturated rings. The monoisotopic (exact) mass is 134 g/mol. The maximum absolute atomic E-state index is 2.46. The predicted octanol–water partition coefficient (Wildman–Crippen LogP) is 2.42. The van der Waals surface area contributed by atoms with E-state index >= 15 is 0 Å². The summed E-state index contributed by atoms with van der Waals surface area (Å²) in [5.41, 5.74) is 0.951. The van der Waals surface area contributed by atoms with E-state index < -0.39 is 7.26 Å². The Morgan fingerprint density at radius 3 is 1.62 bits per heavy atom. The van der Waals surface area contributed by atoms with Gasteiger partial charge in [0.05, 0.1) is 0 Å². The van der Waals surface area contributed by atoms with Crippen LogP contribution in [0.5, 0.6) is 0 Å². The van der Waals surface area contributed by atoms with Gasteiger partial charge >= 0.3 is 53.2 Å². The molecule has 0 rings (SSSR count). The summed E-state index contributed by atoms with van der Waals surface area (Å²) < 4.78 is 0. The van der Waals surface area contributed by atoms with E-state index in [1.54, 1.807) is 0 Å². The van der Waals surface area contributed by atoms with E-state index in [9.17, 15) is 0 Å². The Morgan fingerprint density at radius 1 is 1.25 bits per heavy atom. The molecule has 0 aliphatic rings. The Morgan fingerprint density at radius 2 is 1.62 bits per heavy atom. The van der Waals surface area contributed by atoms with Crippen LogP contribution in [0.2, 0.25) is 0 Å². The summed E-state index contributed by atoms with van der Waals surface area (Å²) >= 11 is 0. The first-order valence-electron chi connectivity index (χ1n) is 3.50. The summed E-state index contributed by atoms with van der Waals surface area (Å²) in [5, 5.41) is 0. The van der Waals surface area contributed by atoms with Crippen molar-refractivity contribution >= 4 is 7.26 Å². The van der Waals surface area contributed by atoms with E-state index in [-0.39, 0.29) is 0 Å². The minimum absolute atomic E-state index is 0.755. The van der Waals surface area contributed by atoms with Crippen LogP contribution < -0.4 is 0 Å². The van der Waals surface area contributed by atoms with Crippen LogP contribution in [0.3, 0.4) is 0 Å². The molecule has 0 saturated carbocycles. The van der Waals surface area contributed by atoms with Gasteiger partial charge in [-0.1, -0.05) is 0 Å². The maximum atomic E-state index is 2.46. The van der Waals surface area contributed by atoms with Crippen molar-refractivity contribution in [1.29, 1.82) is 0 Å². The van der Waals surface area contributed by atoms with Crippen molar-refractivity contribution in [2.45, 2.75) is 26.4 Å². The van der Waals surface area contributed by atoms with Crippen molar-refractivity contribution in [3.63, 3.8) is 0 Å². The Hall–Kier alpha value is 0.430. The molecule has 0 aromatic carbocycles. The van der Waals surface area contributed by atoms with Gasteiger partial charge in [0.1, 0.15) is 0 Å². The van der Waals surface area contributed by atoms with Crippen LogP contribution in [0.1, 0.15) is 20.8 Å². The van der Waals surface area contributed by atoms with Crippen molar-refractivity contribution in [1.82, 2.24) is 0 Å². The average molecular weight is 134 g/mol. The van der Waals surface area contributed by atoms with Crippen LogP contribution in [-0.2, 0) is 0 Å². The van der Waals surface area contributed by atoms with Crippen LogP contribution in [0, 0.1) is 0 Å². The number of hydrogen-bond donors (Lipinski definition) is 0. The van der Waals surface area contributed by atoms with E-state index in [2.05, 4.69) is 34.1 Å². The Balaban J connectivity index is 3.71. The second-order valence-electron chi connectivity index (χ2n) is 3.50. The topological polar surface area (TPSA) is 0 Å². The minimum atomic E-state index is -0.755. The van der Waals surface area contributed by atoms with Gasteiger partial charge < -0.3 is 0 Å². The summed E-state index contributed by atoms with van der Waals surface area (Å²) in [6, 6.07) is 0. The van der Waals surface area contributed by atoms with Crippen LogP contribution >= 0.6 is 7.26 Å². The molecular formula is C7H19P. The molecule has 0 unspecified atom stereocenters. The first-order valence-corrected chi connectivity index (χ1v) is 6.79. The Bertz CT molecular complexity index is 64.8. The molecular weight excluding hydrogens is 115 g/mol. The van der Waals surface area contributed by atoms with E-state index in [0.717, 1.165) is 5.66 Å². The summed E-state index contributed by atoms with van der Waals surface area (Å²) in [6.45, 7) is 11.9. The number of hydrogen-bond acceptors (Lipinski definition) is 0. The third-order valence-electron chi connectivity index (χ3n) is 2.47. The zero-order chi connectivity index (χ0) is 6.78. The van der Waals surface area contributed by atoms with Gasteiger partial charge in [0.2, 0.25) is 0 Å². The molecule has 0 amide bonds. The van der Waals surface area contributed by atoms with Gasteiger partial charge in [0, 0.05) is 0 Å². The van der Waals surface area contributed by atoms with Gasteiger partial charge in [-0.3, -0.25) is 0 Å². The number of rotatable bonds is 2. The van der Waals surface area contributed by atoms with Crippen LogP contribution in [-0.4, -0.2) is 25.2 Å². The molecule has 0 atom stereocenters. The van der Waals surface area contributed by atoms with Gasteiger partial charge in [0.25, 0.3) is 0 Å². The fourth-order valence-corrected chi connectivity index (χ4v) is 1.22. The normalized spacial score (nSPS) is 14.8. The standard InChI is InChI=1S/C7H19P/c1-6-8(4,5)7(2)3/h7-8H,6H2,1-5H3. The summed E-state index contributed by atoms with van der Waals surface area (Å²) in [6.07, 6.45) is 1.42. The van der Waals surface area contributed by atoms with E-state index in [1.165, 1.54) is 6.16 Å². The first kappa shape index (κ1) is 8.43. The summed E-state index contributed by atoms with van der Waals surface area (Å²) in [7, 11) is -0.755. The van der Waals surface area contributed by atoms with Crippen molar-refractivity contribution in [2.75, 3.05) is 19.5 Å². The molecule has 0 aliphatic carbocycles. The fraction of sp³-hybridized carbons (Fsp3) is 1.00. The Kier molecular flexibility index (Phi) is 2.98. The molecule has 0 aromatic heterocycles. The predicted molar refractivity (Wildman–Crippen MR) is 45.8 cm³/mol. The summed E-state index contributed by atoms with van der Waals surface area (Å²) in [5.74, 6) is 0. The van der Waals surface area contributed by atoms with Gasteiger partial charge in [-0.05, 0) is 0 Å². The molecule has 0 aliphatic heterocycles. The Labute approximate surface area is 54.0 Å². The zero-order valence-electron chi connectivity index (χ0n) is 6.78. The van der Waals surface area contributed by atoms with Crippen molar-refractivity contribution in [3.05, 3.63) is 0 Å². The second-order valence-corrected chi connectivity index (χ2v) is 9.34. The van der Waals surface area contributed by atoms with Gasteiger partial charge in [0.15, 0.2) is 0 Å². The molecule has 1 heteroatoms. The van der Waals surface area contributed by atoms with Crippen molar-refractivity contribution in [3.8, 4) is 0 Å². The van der Waals surface area contributed by atoms with Crippen molar-refractivity contribution in [2.24, 2.45) is 0 Å². The molecule has 0 N–H and O–H groups in total. The molecule has 8 heavy (non-hydrogen) atoms. The van der Waals surface area contributed by atoms with Crippen molar-refractivity contribution < 1.29 is 0 Å². The van der Waals surface area contributed by atoms with E-state index in [4.69, 9.17) is 0 Å². The van der Waals surface area contributed by atoms with Gasteiger partial charge in [-0.15, -0.1) is 0 Å². The SMILES string of the molecule is CC[PH](C)(C)C(C)C. The third-order valence-corrected chi connectivity index (χ3v) is 7.42.